The van der Waals surface area contributed by atoms with Crippen LogP contribution >= 0.6 is 11.6 Å². The fourth-order valence-electron chi connectivity index (χ4n) is 8.15. The van der Waals surface area contributed by atoms with Crippen LogP contribution in [0.1, 0.15) is 72.9 Å². The van der Waals surface area contributed by atoms with E-state index in [9.17, 15) is 14.3 Å². The number of carboxylic acid groups (broad SMARTS) is 1. The second-order valence-corrected chi connectivity index (χ2v) is 14.2. The second kappa shape index (κ2) is 15.1. The van der Waals surface area contributed by atoms with Crippen LogP contribution in [-0.2, 0) is 37.7 Å². The number of aryl methyl sites for hydroxylation is 3. The zero-order valence-corrected chi connectivity index (χ0v) is 29.8. The fourth-order valence-corrected chi connectivity index (χ4v) is 8.39. The molecule has 0 radical (unpaired) electrons. The first-order valence-corrected chi connectivity index (χ1v) is 18.4. The molecule has 50 heavy (non-hydrogen) atoms. The highest BCUT2D eigenvalue weighted by Crippen LogP contribution is 2.43. The number of hydrogen-bond acceptors (Lipinski definition) is 5. The number of ether oxygens (including phenoxy) is 2. The van der Waals surface area contributed by atoms with Crippen molar-refractivity contribution in [3.63, 3.8) is 0 Å². The number of fused-ring (bicyclic) bond motifs is 3. The summed E-state index contributed by atoms with van der Waals surface area (Å²) in [6, 6.07) is 14.2. The minimum atomic E-state index is -0.939. The Labute approximate surface area is 297 Å². The Morgan fingerprint density at radius 1 is 1.08 bits per heavy atom. The molecule has 0 saturated carbocycles. The first kappa shape index (κ1) is 34.5. The Hall–Kier alpha value is -3.92. The summed E-state index contributed by atoms with van der Waals surface area (Å²) in [5.41, 5.74) is 5.98. The molecule has 0 spiro atoms. The van der Waals surface area contributed by atoms with Crippen LogP contribution in [0.25, 0.3) is 32.8 Å². The van der Waals surface area contributed by atoms with Crippen LogP contribution in [0.3, 0.4) is 0 Å². The van der Waals surface area contributed by atoms with Crippen LogP contribution in [0, 0.1) is 11.7 Å². The van der Waals surface area contributed by atoms with E-state index in [1.54, 1.807) is 6.07 Å². The van der Waals surface area contributed by atoms with Gasteiger partial charge in [-0.25, -0.2) is 9.18 Å². The quantitative estimate of drug-likeness (QED) is 0.147. The van der Waals surface area contributed by atoms with Gasteiger partial charge in [0.25, 0.3) is 0 Å². The molecular formula is C40H46ClFN4O4. The van der Waals surface area contributed by atoms with E-state index in [4.69, 9.17) is 26.2 Å². The molecule has 1 N–H and O–H groups in total. The molecule has 8 nitrogen and oxygen atoms in total. The van der Waals surface area contributed by atoms with Crippen molar-refractivity contribution in [2.75, 3.05) is 32.9 Å². The predicted molar refractivity (Wildman–Crippen MR) is 196 cm³/mol. The van der Waals surface area contributed by atoms with Gasteiger partial charge in [-0.05, 0) is 112 Å². The van der Waals surface area contributed by atoms with E-state index in [0.717, 1.165) is 121 Å². The Bertz CT molecular complexity index is 2010. The highest BCUT2D eigenvalue weighted by molar-refractivity contribution is 6.35. The summed E-state index contributed by atoms with van der Waals surface area (Å²) in [5.74, 6) is 0.138. The number of carboxylic acids is 1. The molecule has 2 aliphatic rings. The van der Waals surface area contributed by atoms with E-state index >= 15 is 0 Å². The number of halogens is 2. The van der Waals surface area contributed by atoms with Crippen molar-refractivity contribution < 1.29 is 23.8 Å². The molecule has 10 heteroatoms. The molecule has 5 aromatic rings. The molecule has 2 aliphatic heterocycles. The smallest absolute Gasteiger partial charge is 0.352 e. The van der Waals surface area contributed by atoms with Crippen molar-refractivity contribution in [1.82, 2.24) is 19.2 Å². The predicted octanol–water partition coefficient (Wildman–Crippen LogP) is 8.67. The lowest BCUT2D eigenvalue weighted by atomic mass is 9.95. The van der Waals surface area contributed by atoms with Gasteiger partial charge in [0.2, 0.25) is 0 Å². The molecule has 0 atom stereocenters. The number of aromatic nitrogens is 3. The van der Waals surface area contributed by atoms with Gasteiger partial charge in [0, 0.05) is 60.9 Å². The molecule has 0 aliphatic carbocycles. The minimum absolute atomic E-state index is 0.287. The number of aromatic carboxylic acids is 1. The number of carbonyl (C=O) groups is 1. The molecule has 4 heterocycles. The van der Waals surface area contributed by atoms with Gasteiger partial charge < -0.3 is 19.1 Å². The van der Waals surface area contributed by atoms with Crippen LogP contribution in [0.5, 0.6) is 5.75 Å². The van der Waals surface area contributed by atoms with E-state index in [0.29, 0.717) is 48.4 Å². The maximum absolute atomic E-state index is 13.8. The van der Waals surface area contributed by atoms with Crippen LogP contribution < -0.4 is 4.74 Å². The molecule has 1 saturated heterocycles. The highest BCUT2D eigenvalue weighted by atomic mass is 35.5. The maximum Gasteiger partial charge on any atom is 0.352 e. The van der Waals surface area contributed by atoms with E-state index < -0.39 is 5.97 Å². The van der Waals surface area contributed by atoms with Crippen molar-refractivity contribution in [3.8, 4) is 16.9 Å². The molecular weight excluding hydrogens is 655 g/mol. The Morgan fingerprint density at radius 3 is 2.68 bits per heavy atom. The largest absolute Gasteiger partial charge is 0.493 e. The summed E-state index contributed by atoms with van der Waals surface area (Å²) in [6.45, 7) is 7.44. The molecule has 1 fully saturated rings. The number of benzene rings is 3. The first-order chi connectivity index (χ1) is 24.3. The Kier molecular flexibility index (Phi) is 10.4. The van der Waals surface area contributed by atoms with Crippen LogP contribution in [0.15, 0.2) is 48.5 Å². The molecule has 0 amide bonds. The van der Waals surface area contributed by atoms with Gasteiger partial charge >= 0.3 is 5.97 Å². The molecule has 3 aromatic carbocycles. The van der Waals surface area contributed by atoms with Gasteiger partial charge in [-0.2, -0.15) is 5.10 Å². The van der Waals surface area contributed by atoms with Gasteiger partial charge in [-0.15, -0.1) is 0 Å². The zero-order valence-electron chi connectivity index (χ0n) is 29.0. The minimum Gasteiger partial charge on any atom is -0.493 e. The summed E-state index contributed by atoms with van der Waals surface area (Å²) >= 11 is 7.16. The summed E-state index contributed by atoms with van der Waals surface area (Å²) in [7, 11) is 2.00. The van der Waals surface area contributed by atoms with E-state index in [-0.39, 0.29) is 5.82 Å². The topological polar surface area (TPSA) is 81.8 Å². The van der Waals surface area contributed by atoms with Crippen LogP contribution in [-0.4, -0.2) is 63.2 Å². The van der Waals surface area contributed by atoms with Gasteiger partial charge in [0.05, 0.1) is 22.8 Å². The standard InChI is InChI=1S/C40H46ClFN4O4/c1-3-34-37-33(43-44(34)2)25-45(20-15-26-16-22-49-23-17-26)18-4-5-19-46-38-31(13-14-32(41)36(37)38)30(39(46)40(47)48)9-7-21-50-35-10-6-8-27-24-28(42)11-12-29(27)35/h6,8,10-14,24,26H,3-5,7,9,15-23,25H2,1-2H3,(H,47,48). The van der Waals surface area contributed by atoms with Gasteiger partial charge in [-0.1, -0.05) is 36.7 Å². The average molecular weight is 701 g/mol. The van der Waals surface area contributed by atoms with Crippen molar-refractivity contribution in [2.45, 2.75) is 71.4 Å². The summed E-state index contributed by atoms with van der Waals surface area (Å²) in [4.78, 5) is 15.7. The van der Waals surface area contributed by atoms with Crippen molar-refractivity contribution in [3.05, 3.63) is 82.0 Å². The van der Waals surface area contributed by atoms with Crippen LogP contribution in [0.2, 0.25) is 5.02 Å². The van der Waals surface area contributed by atoms with Gasteiger partial charge in [-0.3, -0.25) is 9.58 Å². The van der Waals surface area contributed by atoms with Crippen molar-refractivity contribution in [1.29, 1.82) is 0 Å². The summed E-state index contributed by atoms with van der Waals surface area (Å²) in [5, 5.41) is 19.0. The number of rotatable bonds is 10. The molecule has 0 unspecified atom stereocenters. The fraction of sp³-hybridized carbons (Fsp3) is 0.450. The third-order valence-corrected chi connectivity index (χ3v) is 10.9. The second-order valence-electron chi connectivity index (χ2n) is 13.7. The molecule has 264 valence electrons. The SMILES string of the molecule is CCc1c2c(nn1C)CN(CCC1CCOCC1)CCCCn1c(C(=O)O)c(CCCOc3cccc4cc(F)ccc34)c3ccc(Cl)c-2c31. The summed E-state index contributed by atoms with van der Waals surface area (Å²) < 4.78 is 29.6. The van der Waals surface area contributed by atoms with Gasteiger partial charge in [0.15, 0.2) is 0 Å². The first-order valence-electron chi connectivity index (χ1n) is 18.1. The monoisotopic (exact) mass is 700 g/mol. The maximum atomic E-state index is 13.8. The lowest BCUT2D eigenvalue weighted by Crippen LogP contribution is -2.29. The lowest BCUT2D eigenvalue weighted by molar-refractivity contribution is 0.0595. The molecule has 7 rings (SSSR count). The third kappa shape index (κ3) is 6.88. The Balaban J connectivity index is 1.24. The van der Waals surface area contributed by atoms with Crippen molar-refractivity contribution in [2.24, 2.45) is 13.0 Å². The van der Waals surface area contributed by atoms with E-state index in [1.165, 1.54) is 12.1 Å². The van der Waals surface area contributed by atoms with E-state index in [2.05, 4.69) is 11.8 Å². The van der Waals surface area contributed by atoms with E-state index in [1.807, 2.05) is 46.6 Å². The normalized spacial score (nSPS) is 16.1. The number of hydrogen-bond donors (Lipinski definition) is 1. The summed E-state index contributed by atoms with van der Waals surface area (Å²) in [6.07, 6.45) is 7.06. The van der Waals surface area contributed by atoms with Gasteiger partial charge in [0.1, 0.15) is 17.3 Å². The molecule has 0 bridgehead atoms. The average Bonchev–Trinajstić information content (AvgIpc) is 3.59. The molecule has 2 aromatic heterocycles. The number of nitrogens with zero attached hydrogens (tertiary/aromatic N) is 4. The van der Waals surface area contributed by atoms with Crippen LogP contribution in [0.4, 0.5) is 4.39 Å². The zero-order chi connectivity index (χ0) is 34.8. The Morgan fingerprint density at radius 2 is 1.88 bits per heavy atom. The highest BCUT2D eigenvalue weighted by Gasteiger charge is 2.30. The van der Waals surface area contributed by atoms with Crippen molar-refractivity contribution >= 4 is 39.2 Å². The lowest BCUT2D eigenvalue weighted by Gasteiger charge is -2.27. The third-order valence-electron chi connectivity index (χ3n) is 10.6.